The molecule has 0 amide bonds. The van der Waals surface area contributed by atoms with Gasteiger partial charge in [-0.1, -0.05) is 12.1 Å². The number of methoxy groups -OCH3 is 1. The maximum Gasteiger partial charge on any atom is 0.199 e. The normalized spacial score (nSPS) is 10.9. The molecule has 1 heterocycles. The fourth-order valence-corrected chi connectivity index (χ4v) is 3.17. The molecule has 0 radical (unpaired) electrons. The molecule has 2 aromatic carbocycles. The Hall–Kier alpha value is -2.07. The summed E-state index contributed by atoms with van der Waals surface area (Å²) >= 11 is 1.47. The average molecular weight is 258 g/mol. The van der Waals surface area contributed by atoms with Gasteiger partial charge in [-0.15, -0.1) is 11.3 Å². The molecule has 18 heavy (non-hydrogen) atoms. The van der Waals surface area contributed by atoms with Crippen molar-refractivity contribution in [3.05, 3.63) is 46.6 Å². The number of phenols is 1. The minimum Gasteiger partial charge on any atom is -0.508 e. The molecule has 0 fully saturated rings. The Bertz CT molecular complexity index is 805. The molecule has 0 saturated heterocycles. The van der Waals surface area contributed by atoms with E-state index in [9.17, 15) is 9.90 Å². The van der Waals surface area contributed by atoms with Crippen LogP contribution in [0.3, 0.4) is 0 Å². The Labute approximate surface area is 107 Å². The Morgan fingerprint density at radius 3 is 2.72 bits per heavy atom. The second-order valence-electron chi connectivity index (χ2n) is 3.95. The van der Waals surface area contributed by atoms with Gasteiger partial charge in [-0.05, 0) is 18.2 Å². The van der Waals surface area contributed by atoms with Crippen LogP contribution in [0.15, 0.2) is 41.2 Å². The number of phenolic OH excluding ortho intramolecular Hbond substituents is 1. The number of aromatic hydroxyl groups is 1. The first-order chi connectivity index (χ1) is 8.70. The Morgan fingerprint density at radius 2 is 1.94 bits per heavy atom. The molecule has 0 bridgehead atoms. The van der Waals surface area contributed by atoms with Crippen molar-refractivity contribution >= 4 is 31.5 Å². The predicted molar refractivity (Wildman–Crippen MR) is 73.8 cm³/mol. The van der Waals surface area contributed by atoms with Crippen molar-refractivity contribution in [3.63, 3.8) is 0 Å². The van der Waals surface area contributed by atoms with Gasteiger partial charge in [0.25, 0.3) is 0 Å². The zero-order valence-electron chi connectivity index (χ0n) is 9.64. The lowest BCUT2D eigenvalue weighted by atomic mass is 10.1. The summed E-state index contributed by atoms with van der Waals surface area (Å²) in [6.07, 6.45) is 0. The van der Waals surface area contributed by atoms with Crippen molar-refractivity contribution in [3.8, 4) is 11.5 Å². The summed E-state index contributed by atoms with van der Waals surface area (Å²) in [7, 11) is 1.49. The number of ether oxygens (including phenoxy) is 1. The highest BCUT2D eigenvalue weighted by molar-refractivity contribution is 7.24. The van der Waals surface area contributed by atoms with Gasteiger partial charge in [0.1, 0.15) is 11.5 Å². The summed E-state index contributed by atoms with van der Waals surface area (Å²) in [4.78, 5) is 12.4. The van der Waals surface area contributed by atoms with Crippen LogP contribution in [0.1, 0.15) is 0 Å². The molecule has 0 aliphatic carbocycles. The summed E-state index contributed by atoms with van der Waals surface area (Å²) in [6, 6.07) is 10.5. The SMILES string of the molecule is COc1cc(O)cc2sc3ccccc3c(=O)c12. The van der Waals surface area contributed by atoms with Crippen LogP contribution in [0.2, 0.25) is 0 Å². The molecular formula is C14H10O3S. The second-order valence-corrected chi connectivity index (χ2v) is 5.03. The van der Waals surface area contributed by atoms with Gasteiger partial charge in [-0.3, -0.25) is 4.79 Å². The third-order valence-electron chi connectivity index (χ3n) is 2.85. The van der Waals surface area contributed by atoms with Gasteiger partial charge >= 0.3 is 0 Å². The van der Waals surface area contributed by atoms with Crippen molar-refractivity contribution in [2.45, 2.75) is 0 Å². The van der Waals surface area contributed by atoms with Gasteiger partial charge < -0.3 is 9.84 Å². The van der Waals surface area contributed by atoms with Gasteiger partial charge in [0.05, 0.1) is 12.5 Å². The molecule has 90 valence electrons. The van der Waals surface area contributed by atoms with Crippen LogP contribution in [0.4, 0.5) is 0 Å². The maximum atomic E-state index is 12.4. The second kappa shape index (κ2) is 3.99. The van der Waals surface area contributed by atoms with E-state index in [4.69, 9.17) is 4.74 Å². The highest BCUT2D eigenvalue weighted by Crippen LogP contribution is 2.33. The summed E-state index contributed by atoms with van der Waals surface area (Å²) in [5, 5.41) is 10.8. The van der Waals surface area contributed by atoms with E-state index in [2.05, 4.69) is 0 Å². The average Bonchev–Trinajstić information content (AvgIpc) is 2.37. The van der Waals surface area contributed by atoms with Crippen molar-refractivity contribution in [1.82, 2.24) is 0 Å². The molecule has 0 saturated carbocycles. The third kappa shape index (κ3) is 1.54. The van der Waals surface area contributed by atoms with Gasteiger partial charge in [-0.25, -0.2) is 0 Å². The lowest BCUT2D eigenvalue weighted by Gasteiger charge is -2.06. The third-order valence-corrected chi connectivity index (χ3v) is 3.97. The molecule has 3 rings (SSSR count). The molecule has 3 aromatic rings. The molecule has 1 N–H and O–H groups in total. The van der Waals surface area contributed by atoms with Crippen molar-refractivity contribution in [1.29, 1.82) is 0 Å². The van der Waals surface area contributed by atoms with E-state index in [1.54, 1.807) is 12.1 Å². The highest BCUT2D eigenvalue weighted by atomic mass is 32.1. The lowest BCUT2D eigenvalue weighted by molar-refractivity contribution is 0.413. The first kappa shape index (κ1) is 11.0. The summed E-state index contributed by atoms with van der Waals surface area (Å²) in [6.45, 7) is 0. The quantitative estimate of drug-likeness (QED) is 0.682. The zero-order chi connectivity index (χ0) is 12.7. The Morgan fingerprint density at radius 1 is 1.17 bits per heavy atom. The van der Waals surface area contributed by atoms with Crippen molar-refractivity contribution in [2.75, 3.05) is 7.11 Å². The van der Waals surface area contributed by atoms with Gasteiger partial charge in [0.15, 0.2) is 5.43 Å². The number of rotatable bonds is 1. The van der Waals surface area contributed by atoms with Crippen LogP contribution in [0.25, 0.3) is 20.2 Å². The van der Waals surface area contributed by atoms with Crippen LogP contribution < -0.4 is 10.2 Å². The fourth-order valence-electron chi connectivity index (χ4n) is 2.04. The standard InChI is InChI=1S/C14H10O3S/c1-17-10-6-8(15)7-12-13(10)14(16)9-4-2-3-5-11(9)18-12/h2-7,15H,1H3. The van der Waals surface area contributed by atoms with E-state index in [-0.39, 0.29) is 11.2 Å². The van der Waals surface area contributed by atoms with E-state index in [1.165, 1.54) is 24.5 Å². The summed E-state index contributed by atoms with van der Waals surface area (Å²) < 4.78 is 6.82. The molecule has 0 unspecified atom stereocenters. The summed E-state index contributed by atoms with van der Waals surface area (Å²) in [5.41, 5.74) is -0.0591. The highest BCUT2D eigenvalue weighted by Gasteiger charge is 2.11. The minimum atomic E-state index is -0.0591. The van der Waals surface area contributed by atoms with E-state index in [1.807, 2.05) is 18.2 Å². The molecule has 4 heteroatoms. The van der Waals surface area contributed by atoms with Crippen LogP contribution in [0.5, 0.6) is 11.5 Å². The van der Waals surface area contributed by atoms with Crippen LogP contribution in [-0.2, 0) is 0 Å². The first-order valence-corrected chi connectivity index (χ1v) is 6.25. The van der Waals surface area contributed by atoms with Crippen molar-refractivity contribution in [2.24, 2.45) is 0 Å². The van der Waals surface area contributed by atoms with Crippen molar-refractivity contribution < 1.29 is 9.84 Å². The van der Waals surface area contributed by atoms with E-state index >= 15 is 0 Å². The lowest BCUT2D eigenvalue weighted by Crippen LogP contribution is -2.02. The first-order valence-electron chi connectivity index (χ1n) is 5.43. The predicted octanol–water partition coefficient (Wildman–Crippen LogP) is 3.13. The number of benzene rings is 2. The molecule has 0 atom stereocenters. The van der Waals surface area contributed by atoms with E-state index in [0.717, 1.165) is 9.40 Å². The van der Waals surface area contributed by atoms with E-state index < -0.39 is 0 Å². The van der Waals surface area contributed by atoms with Crippen LogP contribution in [0, 0.1) is 0 Å². The number of fused-ring (bicyclic) bond motifs is 2. The molecule has 3 nitrogen and oxygen atoms in total. The number of hydrogen-bond donors (Lipinski definition) is 1. The van der Waals surface area contributed by atoms with Gasteiger partial charge in [-0.2, -0.15) is 0 Å². The molecule has 1 aromatic heterocycles. The largest absolute Gasteiger partial charge is 0.508 e. The Balaban J connectivity index is 2.60. The van der Waals surface area contributed by atoms with Gasteiger partial charge in [0.2, 0.25) is 0 Å². The number of hydrogen-bond acceptors (Lipinski definition) is 4. The van der Waals surface area contributed by atoms with Gasteiger partial charge in [0, 0.05) is 20.9 Å². The minimum absolute atomic E-state index is 0.0591. The molecule has 0 spiro atoms. The van der Waals surface area contributed by atoms with Crippen LogP contribution in [-0.4, -0.2) is 12.2 Å². The maximum absolute atomic E-state index is 12.4. The summed E-state index contributed by atoms with van der Waals surface area (Å²) in [5.74, 6) is 0.516. The smallest absolute Gasteiger partial charge is 0.199 e. The van der Waals surface area contributed by atoms with Crippen LogP contribution >= 0.6 is 11.3 Å². The monoisotopic (exact) mass is 258 g/mol. The molecular weight excluding hydrogens is 248 g/mol. The zero-order valence-corrected chi connectivity index (χ0v) is 10.5. The topological polar surface area (TPSA) is 46.5 Å². The van der Waals surface area contributed by atoms with E-state index in [0.29, 0.717) is 16.5 Å². The molecule has 0 aliphatic heterocycles. The molecule has 0 aliphatic rings. The fraction of sp³-hybridized carbons (Fsp3) is 0.0714. The Kier molecular flexibility index (Phi) is 2.45.